The van der Waals surface area contributed by atoms with Gasteiger partial charge in [-0.1, -0.05) is 57.5 Å². The third-order valence-electron chi connectivity index (χ3n) is 5.24. The van der Waals surface area contributed by atoms with Gasteiger partial charge in [-0.15, -0.1) is 0 Å². The molecule has 1 fully saturated rings. The molecule has 2 N–H and O–H groups in total. The highest BCUT2D eigenvalue weighted by Gasteiger charge is 2.29. The van der Waals surface area contributed by atoms with Crippen molar-refractivity contribution in [3.8, 4) is 0 Å². The van der Waals surface area contributed by atoms with E-state index in [0.717, 1.165) is 45.0 Å². The monoisotopic (exact) mass is 386 g/mol. The number of guanidine groups is 1. The summed E-state index contributed by atoms with van der Waals surface area (Å²) in [7, 11) is 1.80. The molecule has 28 heavy (non-hydrogen) atoms. The Labute approximate surface area is 171 Å². The number of hydrogen-bond acceptors (Lipinski definition) is 2. The van der Waals surface area contributed by atoms with Gasteiger partial charge in [0.2, 0.25) is 5.91 Å². The molecule has 1 aromatic carbocycles. The Bertz CT molecular complexity index is 621. The Morgan fingerprint density at radius 3 is 2.61 bits per heavy atom. The SMILES string of the molecule is CN=C(NCCCCC(C)(C)C)NCC1CC(=O)N(CCc2ccccc2)C1. The Balaban J connectivity index is 1.64. The van der Waals surface area contributed by atoms with Crippen molar-refractivity contribution in [3.63, 3.8) is 0 Å². The topological polar surface area (TPSA) is 56.7 Å². The first-order chi connectivity index (χ1) is 13.4. The van der Waals surface area contributed by atoms with Crippen LogP contribution in [0.2, 0.25) is 0 Å². The van der Waals surface area contributed by atoms with E-state index in [4.69, 9.17) is 0 Å². The number of benzene rings is 1. The van der Waals surface area contributed by atoms with Crippen LogP contribution in [0, 0.1) is 11.3 Å². The number of carbonyl (C=O) groups excluding carboxylic acids is 1. The van der Waals surface area contributed by atoms with Gasteiger partial charge in [0.25, 0.3) is 0 Å². The van der Waals surface area contributed by atoms with E-state index in [1.165, 1.54) is 18.4 Å². The smallest absolute Gasteiger partial charge is 0.223 e. The lowest BCUT2D eigenvalue weighted by Crippen LogP contribution is -2.40. The summed E-state index contributed by atoms with van der Waals surface area (Å²) in [4.78, 5) is 18.6. The van der Waals surface area contributed by atoms with Crippen LogP contribution >= 0.6 is 0 Å². The Morgan fingerprint density at radius 2 is 1.93 bits per heavy atom. The van der Waals surface area contributed by atoms with Gasteiger partial charge in [-0.3, -0.25) is 9.79 Å². The molecule has 1 heterocycles. The molecule has 1 aliphatic rings. The van der Waals surface area contributed by atoms with Crippen molar-refractivity contribution in [2.45, 2.75) is 52.9 Å². The first-order valence-electron chi connectivity index (χ1n) is 10.6. The summed E-state index contributed by atoms with van der Waals surface area (Å²) in [5.41, 5.74) is 1.69. The molecule has 0 saturated carbocycles. The highest BCUT2D eigenvalue weighted by Crippen LogP contribution is 2.21. The number of nitrogens with zero attached hydrogens (tertiary/aromatic N) is 2. The minimum absolute atomic E-state index is 0.271. The highest BCUT2D eigenvalue weighted by atomic mass is 16.2. The van der Waals surface area contributed by atoms with Gasteiger partial charge >= 0.3 is 0 Å². The van der Waals surface area contributed by atoms with E-state index in [1.54, 1.807) is 7.05 Å². The first-order valence-corrected chi connectivity index (χ1v) is 10.6. The largest absolute Gasteiger partial charge is 0.356 e. The normalized spacial score (nSPS) is 17.9. The number of unbranched alkanes of at least 4 members (excludes halogenated alkanes) is 1. The third kappa shape index (κ3) is 8.32. The van der Waals surface area contributed by atoms with Crippen LogP contribution in [0.25, 0.3) is 0 Å². The van der Waals surface area contributed by atoms with Gasteiger partial charge in [0, 0.05) is 45.6 Å². The molecule has 0 aliphatic carbocycles. The molecule has 0 bridgehead atoms. The van der Waals surface area contributed by atoms with E-state index in [0.29, 0.717) is 17.8 Å². The molecule has 0 radical (unpaired) electrons. The fourth-order valence-corrected chi connectivity index (χ4v) is 3.56. The number of hydrogen-bond donors (Lipinski definition) is 2. The van der Waals surface area contributed by atoms with Crippen molar-refractivity contribution in [3.05, 3.63) is 35.9 Å². The minimum atomic E-state index is 0.271. The molecule has 156 valence electrons. The van der Waals surface area contributed by atoms with Gasteiger partial charge in [0.05, 0.1) is 0 Å². The molecule has 0 spiro atoms. The molecule has 1 saturated heterocycles. The van der Waals surface area contributed by atoms with Gasteiger partial charge in [0.15, 0.2) is 5.96 Å². The van der Waals surface area contributed by atoms with E-state index >= 15 is 0 Å². The number of nitrogens with one attached hydrogen (secondary N) is 2. The van der Waals surface area contributed by atoms with Crippen molar-refractivity contribution in [1.29, 1.82) is 0 Å². The van der Waals surface area contributed by atoms with Gasteiger partial charge in [0.1, 0.15) is 0 Å². The average molecular weight is 387 g/mol. The summed E-state index contributed by atoms with van der Waals surface area (Å²) in [6, 6.07) is 10.4. The Hall–Kier alpha value is -2.04. The van der Waals surface area contributed by atoms with E-state index < -0.39 is 0 Å². The molecule has 1 atom stereocenters. The van der Waals surface area contributed by atoms with Gasteiger partial charge in [-0.25, -0.2) is 0 Å². The van der Waals surface area contributed by atoms with Gasteiger partial charge in [-0.2, -0.15) is 0 Å². The van der Waals surface area contributed by atoms with Crippen molar-refractivity contribution >= 4 is 11.9 Å². The van der Waals surface area contributed by atoms with Crippen LogP contribution in [0.3, 0.4) is 0 Å². The zero-order chi connectivity index (χ0) is 20.4. The maximum Gasteiger partial charge on any atom is 0.223 e. The van der Waals surface area contributed by atoms with Crippen molar-refractivity contribution in [2.75, 3.05) is 33.2 Å². The van der Waals surface area contributed by atoms with E-state index in [2.05, 4.69) is 60.7 Å². The van der Waals surface area contributed by atoms with Crippen LogP contribution in [0.4, 0.5) is 0 Å². The van der Waals surface area contributed by atoms with Crippen LogP contribution in [-0.2, 0) is 11.2 Å². The summed E-state index contributed by atoms with van der Waals surface area (Å²) >= 11 is 0. The van der Waals surface area contributed by atoms with Gasteiger partial charge < -0.3 is 15.5 Å². The molecule has 1 aromatic rings. The molecule has 5 nitrogen and oxygen atoms in total. The van der Waals surface area contributed by atoms with Crippen molar-refractivity contribution in [2.24, 2.45) is 16.3 Å². The second-order valence-corrected chi connectivity index (χ2v) is 9.04. The Kier molecular flexibility index (Phi) is 8.81. The van der Waals surface area contributed by atoms with E-state index in [-0.39, 0.29) is 5.91 Å². The summed E-state index contributed by atoms with van der Waals surface area (Å²) in [6.45, 7) is 10.2. The highest BCUT2D eigenvalue weighted by molar-refractivity contribution is 5.80. The molecular weight excluding hydrogens is 348 g/mol. The second-order valence-electron chi connectivity index (χ2n) is 9.04. The lowest BCUT2D eigenvalue weighted by Gasteiger charge is -2.19. The predicted octanol–water partition coefficient (Wildman–Crippen LogP) is 3.46. The quantitative estimate of drug-likeness (QED) is 0.388. The van der Waals surface area contributed by atoms with Crippen LogP contribution in [0.5, 0.6) is 0 Å². The predicted molar refractivity (Wildman–Crippen MR) is 118 cm³/mol. The number of aliphatic imine (C=N–C) groups is 1. The fraction of sp³-hybridized carbons (Fsp3) is 0.652. The van der Waals surface area contributed by atoms with Crippen LogP contribution < -0.4 is 10.6 Å². The zero-order valence-electron chi connectivity index (χ0n) is 18.1. The fourth-order valence-electron chi connectivity index (χ4n) is 3.56. The molecule has 1 unspecified atom stereocenters. The lowest BCUT2D eigenvalue weighted by atomic mass is 9.90. The molecular formula is C23H38N4O. The average Bonchev–Trinajstić information content (AvgIpc) is 3.02. The zero-order valence-corrected chi connectivity index (χ0v) is 18.1. The molecule has 0 aromatic heterocycles. The van der Waals surface area contributed by atoms with Crippen molar-refractivity contribution in [1.82, 2.24) is 15.5 Å². The van der Waals surface area contributed by atoms with Crippen LogP contribution in [0.15, 0.2) is 35.3 Å². The number of amides is 1. The first kappa shape index (κ1) is 22.3. The van der Waals surface area contributed by atoms with Crippen LogP contribution in [-0.4, -0.2) is 50.0 Å². The second kappa shape index (κ2) is 11.1. The number of rotatable bonds is 9. The minimum Gasteiger partial charge on any atom is -0.356 e. The van der Waals surface area contributed by atoms with E-state index in [9.17, 15) is 4.79 Å². The van der Waals surface area contributed by atoms with E-state index in [1.807, 2.05) is 11.0 Å². The summed E-state index contributed by atoms with van der Waals surface area (Å²) in [6.07, 6.45) is 5.16. The van der Waals surface area contributed by atoms with Gasteiger partial charge in [-0.05, 0) is 30.2 Å². The standard InChI is InChI=1S/C23H38N4O/c1-23(2,3)13-8-9-14-25-22(24-4)26-17-20-16-21(28)27(18-20)15-12-19-10-6-5-7-11-19/h5-7,10-11,20H,8-9,12-18H2,1-4H3,(H2,24,25,26). The summed E-state index contributed by atoms with van der Waals surface area (Å²) in [5, 5.41) is 6.78. The number of likely N-dealkylation sites (tertiary alicyclic amines) is 1. The van der Waals surface area contributed by atoms with Crippen LogP contribution in [0.1, 0.15) is 52.0 Å². The maximum atomic E-state index is 12.3. The third-order valence-corrected chi connectivity index (χ3v) is 5.24. The molecule has 2 rings (SSSR count). The molecule has 5 heteroatoms. The molecule has 1 amide bonds. The molecule has 1 aliphatic heterocycles. The maximum absolute atomic E-state index is 12.3. The lowest BCUT2D eigenvalue weighted by molar-refractivity contribution is -0.127. The Morgan fingerprint density at radius 1 is 1.18 bits per heavy atom. The summed E-state index contributed by atoms with van der Waals surface area (Å²) < 4.78 is 0. The number of carbonyl (C=O) groups is 1. The summed E-state index contributed by atoms with van der Waals surface area (Å²) in [5.74, 6) is 1.46. The van der Waals surface area contributed by atoms with Crippen molar-refractivity contribution < 1.29 is 4.79 Å².